The lowest BCUT2D eigenvalue weighted by molar-refractivity contribution is 0.268. The lowest BCUT2D eigenvalue weighted by Crippen LogP contribution is -2.25. The molecule has 0 radical (unpaired) electrons. The Kier molecular flexibility index (Phi) is 3.28. The molecule has 0 atom stereocenters. The molecule has 2 nitrogen and oxygen atoms in total. The third kappa shape index (κ3) is 3.68. The number of hydrogen-bond acceptors (Lipinski definition) is 2. The van der Waals surface area contributed by atoms with Crippen molar-refractivity contribution in [3.05, 3.63) is 12.8 Å². The van der Waals surface area contributed by atoms with Gasteiger partial charge in [0.2, 0.25) is 0 Å². The Balaban J connectivity index is 3.23. The normalized spacial score (nSPS) is 9.50. The van der Waals surface area contributed by atoms with Crippen molar-refractivity contribution in [2.75, 3.05) is 27.8 Å². The highest BCUT2D eigenvalue weighted by atomic mass is 15.3. The van der Waals surface area contributed by atoms with Gasteiger partial charge in [0.15, 0.2) is 0 Å². The van der Waals surface area contributed by atoms with E-state index in [4.69, 9.17) is 0 Å². The van der Waals surface area contributed by atoms with E-state index in [9.17, 15) is 0 Å². The molecule has 0 aromatic rings. The molecule has 0 aliphatic heterocycles. The van der Waals surface area contributed by atoms with Gasteiger partial charge in [0, 0.05) is 7.05 Å². The molecule has 0 aliphatic rings. The van der Waals surface area contributed by atoms with Crippen LogP contribution in [0.15, 0.2) is 12.8 Å². The first-order valence-corrected chi connectivity index (χ1v) is 2.64. The fourth-order valence-electron chi connectivity index (χ4n) is 0.504. The second-order valence-electron chi connectivity index (χ2n) is 2.16. The van der Waals surface area contributed by atoms with Crippen molar-refractivity contribution >= 4 is 0 Å². The molecule has 0 N–H and O–H groups in total. The lowest BCUT2D eigenvalue weighted by Gasteiger charge is -2.17. The fourth-order valence-corrected chi connectivity index (χ4v) is 0.504. The minimum absolute atomic E-state index is 0.934. The van der Waals surface area contributed by atoms with Crippen LogP contribution in [0.3, 0.4) is 0 Å². The van der Waals surface area contributed by atoms with Crippen LogP contribution in [-0.2, 0) is 0 Å². The van der Waals surface area contributed by atoms with Crippen LogP contribution in [0, 0.1) is 0 Å². The SMILES string of the molecule is C=CN(C)CN(C)C. The highest BCUT2D eigenvalue weighted by molar-refractivity contribution is 4.63. The van der Waals surface area contributed by atoms with E-state index in [-0.39, 0.29) is 0 Å². The van der Waals surface area contributed by atoms with Gasteiger partial charge in [-0.3, -0.25) is 4.90 Å². The fraction of sp³-hybridized carbons (Fsp3) is 0.667. The van der Waals surface area contributed by atoms with Gasteiger partial charge in [-0.25, -0.2) is 0 Å². The standard InChI is InChI=1S/C6H14N2/c1-5-8(4)6-7(2)3/h5H,1,6H2,2-4H3. The quantitative estimate of drug-likeness (QED) is 0.495. The molecule has 0 aliphatic carbocycles. The Morgan fingerprint density at radius 3 is 2.00 bits per heavy atom. The van der Waals surface area contributed by atoms with Gasteiger partial charge < -0.3 is 4.90 Å². The predicted molar refractivity (Wildman–Crippen MR) is 36.5 cm³/mol. The Labute approximate surface area is 51.4 Å². The van der Waals surface area contributed by atoms with Gasteiger partial charge >= 0.3 is 0 Å². The second-order valence-corrected chi connectivity index (χ2v) is 2.16. The summed E-state index contributed by atoms with van der Waals surface area (Å²) < 4.78 is 0. The molecule has 0 saturated carbocycles. The maximum absolute atomic E-state index is 3.61. The average molecular weight is 114 g/mol. The van der Waals surface area contributed by atoms with Crippen molar-refractivity contribution in [1.29, 1.82) is 0 Å². The van der Waals surface area contributed by atoms with Crippen molar-refractivity contribution in [3.63, 3.8) is 0 Å². The van der Waals surface area contributed by atoms with E-state index in [1.807, 2.05) is 26.0 Å². The second kappa shape index (κ2) is 3.50. The van der Waals surface area contributed by atoms with Crippen molar-refractivity contribution in [2.45, 2.75) is 0 Å². The molecule has 0 fully saturated rings. The zero-order valence-corrected chi connectivity index (χ0v) is 5.89. The van der Waals surface area contributed by atoms with Crippen LogP contribution >= 0.6 is 0 Å². The molecule has 48 valence electrons. The Morgan fingerprint density at radius 2 is 1.88 bits per heavy atom. The smallest absolute Gasteiger partial charge is 0.0693 e. The van der Waals surface area contributed by atoms with Crippen molar-refractivity contribution in [1.82, 2.24) is 9.80 Å². The average Bonchev–Trinajstić information content (AvgIpc) is 1.65. The molecule has 0 bridgehead atoms. The minimum Gasteiger partial charge on any atom is -0.368 e. The molecular formula is C6H14N2. The third-order valence-electron chi connectivity index (χ3n) is 0.818. The zero-order valence-electron chi connectivity index (χ0n) is 5.89. The van der Waals surface area contributed by atoms with Crippen molar-refractivity contribution in [3.8, 4) is 0 Å². The Hall–Kier alpha value is -0.500. The largest absolute Gasteiger partial charge is 0.368 e. The molecule has 0 heterocycles. The highest BCUT2D eigenvalue weighted by Gasteiger charge is 1.88. The van der Waals surface area contributed by atoms with Crippen LogP contribution < -0.4 is 0 Å². The summed E-state index contributed by atoms with van der Waals surface area (Å²) in [6.45, 7) is 4.55. The summed E-state index contributed by atoms with van der Waals surface area (Å²) >= 11 is 0. The maximum Gasteiger partial charge on any atom is 0.0693 e. The molecule has 0 aromatic heterocycles. The van der Waals surface area contributed by atoms with E-state index in [2.05, 4.69) is 11.5 Å². The Morgan fingerprint density at radius 1 is 1.38 bits per heavy atom. The molecule has 0 saturated heterocycles. The summed E-state index contributed by atoms with van der Waals surface area (Å²) in [5.74, 6) is 0. The van der Waals surface area contributed by atoms with Gasteiger partial charge in [-0.1, -0.05) is 6.58 Å². The zero-order chi connectivity index (χ0) is 6.57. The summed E-state index contributed by atoms with van der Waals surface area (Å²) in [7, 11) is 6.05. The first kappa shape index (κ1) is 7.50. The van der Waals surface area contributed by atoms with Crippen LogP contribution in [0.25, 0.3) is 0 Å². The maximum atomic E-state index is 3.61. The van der Waals surface area contributed by atoms with E-state index in [1.165, 1.54) is 0 Å². The molecule has 0 unspecified atom stereocenters. The first-order valence-electron chi connectivity index (χ1n) is 2.64. The van der Waals surface area contributed by atoms with E-state index >= 15 is 0 Å². The van der Waals surface area contributed by atoms with Gasteiger partial charge in [0.05, 0.1) is 6.67 Å². The van der Waals surface area contributed by atoms with E-state index in [0.29, 0.717) is 0 Å². The number of hydrogen-bond donors (Lipinski definition) is 0. The van der Waals surface area contributed by atoms with Gasteiger partial charge in [-0.05, 0) is 20.3 Å². The van der Waals surface area contributed by atoms with Crippen LogP contribution in [0.5, 0.6) is 0 Å². The summed E-state index contributed by atoms with van der Waals surface area (Å²) in [4.78, 5) is 4.10. The van der Waals surface area contributed by atoms with Gasteiger partial charge in [0.25, 0.3) is 0 Å². The summed E-state index contributed by atoms with van der Waals surface area (Å²) in [5, 5.41) is 0. The van der Waals surface area contributed by atoms with E-state index in [1.54, 1.807) is 6.20 Å². The van der Waals surface area contributed by atoms with E-state index in [0.717, 1.165) is 6.67 Å². The highest BCUT2D eigenvalue weighted by Crippen LogP contribution is 1.81. The van der Waals surface area contributed by atoms with Gasteiger partial charge in [-0.2, -0.15) is 0 Å². The Bertz CT molecular complexity index is 68.9. The van der Waals surface area contributed by atoms with Gasteiger partial charge in [-0.15, -0.1) is 0 Å². The topological polar surface area (TPSA) is 6.48 Å². The molecule has 0 rings (SSSR count). The first-order chi connectivity index (χ1) is 3.66. The summed E-state index contributed by atoms with van der Waals surface area (Å²) in [5.41, 5.74) is 0. The van der Waals surface area contributed by atoms with Crippen LogP contribution in [0.1, 0.15) is 0 Å². The predicted octanol–water partition coefficient (Wildman–Crippen LogP) is 0.581. The number of nitrogens with zero attached hydrogens (tertiary/aromatic N) is 2. The molecule has 0 amide bonds. The summed E-state index contributed by atoms with van der Waals surface area (Å²) in [6.07, 6.45) is 1.81. The molecular weight excluding hydrogens is 100 g/mol. The molecule has 2 heteroatoms. The van der Waals surface area contributed by atoms with Crippen molar-refractivity contribution < 1.29 is 0 Å². The minimum atomic E-state index is 0.934. The van der Waals surface area contributed by atoms with Crippen LogP contribution in [-0.4, -0.2) is 37.6 Å². The van der Waals surface area contributed by atoms with Crippen molar-refractivity contribution in [2.24, 2.45) is 0 Å². The van der Waals surface area contributed by atoms with Crippen LogP contribution in [0.4, 0.5) is 0 Å². The number of rotatable bonds is 3. The van der Waals surface area contributed by atoms with Crippen LogP contribution in [0.2, 0.25) is 0 Å². The summed E-state index contributed by atoms with van der Waals surface area (Å²) in [6, 6.07) is 0. The third-order valence-corrected chi connectivity index (χ3v) is 0.818. The monoisotopic (exact) mass is 114 g/mol. The molecule has 0 aromatic carbocycles. The molecule has 0 spiro atoms. The van der Waals surface area contributed by atoms with E-state index < -0.39 is 0 Å². The van der Waals surface area contributed by atoms with Gasteiger partial charge in [0.1, 0.15) is 0 Å². The molecule has 8 heavy (non-hydrogen) atoms. The lowest BCUT2D eigenvalue weighted by atomic mass is 10.7.